The predicted molar refractivity (Wildman–Crippen MR) is 129 cm³/mol. The van der Waals surface area contributed by atoms with Crippen molar-refractivity contribution in [2.45, 2.75) is 24.2 Å². The van der Waals surface area contributed by atoms with Crippen molar-refractivity contribution in [2.24, 2.45) is 10.8 Å². The van der Waals surface area contributed by atoms with Crippen LogP contribution in [0.4, 0.5) is 0 Å². The molecule has 0 heterocycles. The number of carbonyl (C=O) groups excluding carboxylic acids is 1. The fourth-order valence-corrected chi connectivity index (χ4v) is 7.21. The highest BCUT2D eigenvalue weighted by Gasteiger charge is 2.84. The first kappa shape index (κ1) is 20.8. The maximum atomic E-state index is 14.3. The van der Waals surface area contributed by atoms with E-state index < -0.39 is 21.2 Å². The second-order valence-corrected chi connectivity index (χ2v) is 10.1. The summed E-state index contributed by atoms with van der Waals surface area (Å²) in [5.74, 6) is -0.795. The number of carbonyl (C=O) groups is 1. The number of ketones is 1. The van der Waals surface area contributed by atoms with Crippen molar-refractivity contribution in [1.82, 2.24) is 0 Å². The molecule has 4 unspecified atom stereocenters. The molecule has 32 heavy (non-hydrogen) atoms. The van der Waals surface area contributed by atoms with Crippen LogP contribution >= 0.6 is 15.9 Å². The van der Waals surface area contributed by atoms with Crippen LogP contribution in [0.15, 0.2) is 91.0 Å². The minimum atomic E-state index is -1.68. The first-order valence-electron chi connectivity index (χ1n) is 10.6. The molecule has 0 radical (unpaired) electrons. The Kier molecular flexibility index (Phi) is 4.54. The molecule has 160 valence electrons. The molecule has 3 aromatic rings. The lowest BCUT2D eigenvalue weighted by molar-refractivity contribution is -0.550. The van der Waals surface area contributed by atoms with Gasteiger partial charge in [-0.25, -0.2) is 0 Å². The summed E-state index contributed by atoms with van der Waals surface area (Å²) in [7, 11) is 0. The van der Waals surface area contributed by atoms with Gasteiger partial charge in [-0.05, 0) is 41.7 Å². The van der Waals surface area contributed by atoms with Gasteiger partial charge in [0, 0.05) is 20.9 Å². The topological polar surface area (TPSA) is 60.2 Å². The molecule has 0 aliphatic heterocycles. The fraction of sp³-hybridized carbons (Fsp3) is 0.222. The molecule has 4 atom stereocenters. The molecule has 0 saturated heterocycles. The Morgan fingerprint density at radius 2 is 1.22 bits per heavy atom. The fourth-order valence-electron chi connectivity index (χ4n) is 6.11. The lowest BCUT2D eigenvalue weighted by Crippen LogP contribution is -2.51. The lowest BCUT2D eigenvalue weighted by atomic mass is 9.63. The molecule has 2 aliphatic rings. The number of rotatable bonds is 4. The molecule has 5 rings (SSSR count). The number of alkyl halides is 1. The van der Waals surface area contributed by atoms with E-state index in [4.69, 9.17) is 0 Å². The Bertz CT molecular complexity index is 1260. The van der Waals surface area contributed by atoms with Crippen molar-refractivity contribution in [3.8, 4) is 0 Å². The van der Waals surface area contributed by atoms with Gasteiger partial charge in [-0.3, -0.25) is 14.9 Å². The summed E-state index contributed by atoms with van der Waals surface area (Å²) in [5.41, 5.74) is 1.70. The number of nitrogens with zero attached hydrogens (tertiary/aromatic N) is 1. The summed E-state index contributed by atoms with van der Waals surface area (Å²) in [4.78, 5) is 26.8. The monoisotopic (exact) mass is 487 g/mol. The Labute approximate surface area is 195 Å². The number of halogens is 1. The summed E-state index contributed by atoms with van der Waals surface area (Å²) in [6.07, 6.45) is 0. The molecule has 0 spiro atoms. The van der Waals surface area contributed by atoms with Gasteiger partial charge in [0.15, 0.2) is 5.78 Å². The highest BCUT2D eigenvalue weighted by atomic mass is 79.9. The smallest absolute Gasteiger partial charge is 0.297 e. The summed E-state index contributed by atoms with van der Waals surface area (Å²) in [5, 5.41) is 12.8. The van der Waals surface area contributed by atoms with E-state index in [2.05, 4.69) is 15.9 Å². The number of hydrogen-bond acceptors (Lipinski definition) is 3. The standard InChI is InChI=1S/C27H22BrNO3/c1-25-21(18-12-6-3-7-13-18)22(19-14-8-4-9-15-19)26(2,24(25)30)27(28,29(31)32)23(25)20-16-10-5-11-17-20/h3-17,23H,1-2H3. The third-order valence-electron chi connectivity index (χ3n) is 7.38. The third kappa shape index (κ3) is 2.35. The Balaban J connectivity index is 1.95. The van der Waals surface area contributed by atoms with Crippen molar-refractivity contribution < 1.29 is 9.72 Å². The minimum Gasteiger partial charge on any atom is -0.297 e. The largest absolute Gasteiger partial charge is 0.298 e. The van der Waals surface area contributed by atoms with Gasteiger partial charge in [0.05, 0.1) is 11.3 Å². The molecule has 2 aliphatic carbocycles. The molecular formula is C27H22BrNO3. The number of Topliss-reactive ketones (excluding diaryl/α,β-unsaturated/α-hetero) is 1. The summed E-state index contributed by atoms with van der Waals surface area (Å²) >= 11 is 3.59. The third-order valence-corrected chi connectivity index (χ3v) is 8.92. The van der Waals surface area contributed by atoms with Crippen molar-refractivity contribution in [3.63, 3.8) is 0 Å². The van der Waals surface area contributed by atoms with Crippen LogP contribution in [0, 0.1) is 20.9 Å². The summed E-state index contributed by atoms with van der Waals surface area (Å²) in [6, 6.07) is 28.8. The molecule has 3 aromatic carbocycles. The average Bonchev–Trinajstić information content (AvgIpc) is 3.08. The second kappa shape index (κ2) is 6.97. The van der Waals surface area contributed by atoms with E-state index in [0.717, 1.165) is 27.8 Å². The van der Waals surface area contributed by atoms with Gasteiger partial charge >= 0.3 is 0 Å². The summed E-state index contributed by atoms with van der Waals surface area (Å²) in [6.45, 7) is 3.63. The van der Waals surface area contributed by atoms with Crippen molar-refractivity contribution in [3.05, 3.63) is 118 Å². The molecule has 1 fully saturated rings. The Morgan fingerprint density at radius 3 is 1.69 bits per heavy atom. The minimum absolute atomic E-state index is 0.120. The van der Waals surface area contributed by atoms with Gasteiger partial charge in [-0.1, -0.05) is 91.0 Å². The van der Waals surface area contributed by atoms with Gasteiger partial charge in [0.25, 0.3) is 4.45 Å². The zero-order valence-electron chi connectivity index (χ0n) is 17.8. The van der Waals surface area contributed by atoms with Crippen LogP contribution in [0.5, 0.6) is 0 Å². The maximum Gasteiger partial charge on any atom is 0.298 e. The van der Waals surface area contributed by atoms with E-state index in [9.17, 15) is 14.9 Å². The number of fused-ring (bicyclic) bond motifs is 2. The second-order valence-electron chi connectivity index (χ2n) is 8.91. The normalized spacial score (nSPS) is 31.2. The first-order chi connectivity index (χ1) is 15.3. The van der Waals surface area contributed by atoms with Gasteiger partial charge in [0.1, 0.15) is 5.41 Å². The van der Waals surface area contributed by atoms with Crippen molar-refractivity contribution in [2.75, 3.05) is 0 Å². The quantitative estimate of drug-likeness (QED) is 0.186. The van der Waals surface area contributed by atoms with Crippen molar-refractivity contribution >= 4 is 32.9 Å². The Morgan fingerprint density at radius 1 is 0.781 bits per heavy atom. The number of allylic oxidation sites excluding steroid dienone is 1. The number of nitro groups is 1. The predicted octanol–water partition coefficient (Wildman–Crippen LogP) is 6.36. The van der Waals surface area contributed by atoms with Gasteiger partial charge in [-0.15, -0.1) is 0 Å². The molecular weight excluding hydrogens is 466 g/mol. The average molecular weight is 488 g/mol. The van der Waals surface area contributed by atoms with Crippen LogP contribution in [0.3, 0.4) is 0 Å². The van der Waals surface area contributed by atoms with E-state index in [1.807, 2.05) is 97.9 Å². The van der Waals surface area contributed by atoms with E-state index in [1.165, 1.54) is 0 Å². The van der Waals surface area contributed by atoms with Crippen LogP contribution in [0.25, 0.3) is 11.1 Å². The Hall–Kier alpha value is -3.05. The lowest BCUT2D eigenvalue weighted by Gasteiger charge is -2.42. The SMILES string of the molecule is CC12C(=O)C(C)(C(c3ccccc3)=C1c1ccccc1)C(Br)([N+](=O)[O-])C2c1ccccc1. The molecule has 5 heteroatoms. The van der Waals surface area contributed by atoms with E-state index in [0.29, 0.717) is 0 Å². The first-order valence-corrected chi connectivity index (χ1v) is 11.4. The van der Waals surface area contributed by atoms with E-state index in [-0.39, 0.29) is 10.7 Å². The molecule has 0 amide bonds. The van der Waals surface area contributed by atoms with Crippen LogP contribution in [-0.2, 0) is 4.79 Å². The van der Waals surface area contributed by atoms with Crippen molar-refractivity contribution in [1.29, 1.82) is 0 Å². The van der Waals surface area contributed by atoms with Gasteiger partial charge in [-0.2, -0.15) is 0 Å². The molecule has 4 nitrogen and oxygen atoms in total. The van der Waals surface area contributed by atoms with Crippen LogP contribution in [-0.4, -0.2) is 15.2 Å². The van der Waals surface area contributed by atoms with Crippen LogP contribution < -0.4 is 0 Å². The zero-order valence-corrected chi connectivity index (χ0v) is 19.4. The van der Waals surface area contributed by atoms with E-state index >= 15 is 0 Å². The van der Waals surface area contributed by atoms with Crippen LogP contribution in [0.2, 0.25) is 0 Å². The zero-order chi connectivity index (χ0) is 22.7. The maximum absolute atomic E-state index is 14.3. The molecule has 0 N–H and O–H groups in total. The molecule has 2 bridgehead atoms. The molecule has 1 saturated carbocycles. The van der Waals surface area contributed by atoms with Gasteiger partial charge < -0.3 is 0 Å². The van der Waals surface area contributed by atoms with E-state index in [1.54, 1.807) is 6.92 Å². The van der Waals surface area contributed by atoms with Crippen LogP contribution in [0.1, 0.15) is 36.5 Å². The highest BCUT2D eigenvalue weighted by molar-refractivity contribution is 9.10. The molecule has 0 aromatic heterocycles. The highest BCUT2D eigenvalue weighted by Crippen LogP contribution is 2.77. The number of hydrogen-bond donors (Lipinski definition) is 0. The summed E-state index contributed by atoms with van der Waals surface area (Å²) < 4.78 is -1.68. The number of benzene rings is 3. The van der Waals surface area contributed by atoms with Gasteiger partial charge in [0.2, 0.25) is 0 Å².